The molecular weight excluding hydrogens is 546 g/mol. The maximum Gasteiger partial charge on any atom is 0.347 e. The Labute approximate surface area is 222 Å². The van der Waals surface area contributed by atoms with E-state index >= 15 is 0 Å². The van der Waals surface area contributed by atoms with E-state index in [1.807, 2.05) is 0 Å². The topological polar surface area (TPSA) is 226 Å². The van der Waals surface area contributed by atoms with Crippen molar-refractivity contribution in [3.63, 3.8) is 0 Å². The van der Waals surface area contributed by atoms with E-state index in [1.54, 1.807) is 29.1 Å². The summed E-state index contributed by atoms with van der Waals surface area (Å²) in [5.74, 6) is -4.75. The summed E-state index contributed by atoms with van der Waals surface area (Å²) >= 11 is 6.92. The van der Waals surface area contributed by atoms with Crippen molar-refractivity contribution in [2.24, 2.45) is 5.16 Å². The number of nitrogens with one attached hydrogen (secondary N) is 1. The zero-order chi connectivity index (χ0) is 27.7. The highest BCUT2D eigenvalue weighted by atomic mass is 35.5. The maximum atomic E-state index is 13.1. The number of aromatic nitrogens is 2. The number of ether oxygens (including phenoxy) is 1. The number of fused-ring (bicyclic) bond motifs is 1. The molecule has 0 saturated carbocycles. The second kappa shape index (κ2) is 10.6. The Balaban J connectivity index is 1.56. The van der Waals surface area contributed by atoms with Crippen molar-refractivity contribution in [2.45, 2.75) is 31.8 Å². The van der Waals surface area contributed by atoms with Crippen LogP contribution in [0, 0.1) is 0 Å². The number of thiazole rings is 1. The number of carboxylic acids is 2. The first-order valence-corrected chi connectivity index (χ1v) is 12.0. The van der Waals surface area contributed by atoms with Gasteiger partial charge in [0.1, 0.15) is 10.0 Å². The number of carbonyl (C=O) groups is 4. The summed E-state index contributed by atoms with van der Waals surface area (Å²) in [6.45, 7) is 1.09. The van der Waals surface area contributed by atoms with Gasteiger partial charge in [-0.2, -0.15) is 0 Å². The number of nitrogens with two attached hydrogens (primary N) is 2. The smallest absolute Gasteiger partial charge is 0.347 e. The van der Waals surface area contributed by atoms with Crippen LogP contribution < -0.4 is 26.5 Å². The van der Waals surface area contributed by atoms with Crippen LogP contribution in [0.2, 0.25) is 4.34 Å². The van der Waals surface area contributed by atoms with Crippen molar-refractivity contribution in [3.05, 3.63) is 45.8 Å². The lowest BCUT2D eigenvalue weighted by atomic mass is 9.98. The van der Waals surface area contributed by atoms with Crippen molar-refractivity contribution >= 4 is 63.2 Å². The number of β-lactam (4-membered cyclic amide) rings is 1. The highest BCUT2D eigenvalue weighted by molar-refractivity contribution is 7.19. The molecule has 6 N–H and O–H groups in total. The lowest BCUT2D eigenvalue weighted by molar-refractivity contribution is -0.689. The molecule has 2 aromatic rings. The summed E-state index contributed by atoms with van der Waals surface area (Å²) in [6, 6.07) is 1.93. The largest absolute Gasteiger partial charge is 0.543 e. The quantitative estimate of drug-likeness (QED) is 0.111. The Kier molecular flexibility index (Phi) is 7.47. The number of rotatable bonds is 9. The van der Waals surface area contributed by atoms with Crippen molar-refractivity contribution in [3.8, 4) is 0 Å². The van der Waals surface area contributed by atoms with Gasteiger partial charge in [0.25, 0.3) is 11.8 Å². The number of pyridine rings is 1. The molecule has 38 heavy (non-hydrogen) atoms. The summed E-state index contributed by atoms with van der Waals surface area (Å²) in [5.41, 5.74) is 11.0. The SMILES string of the molecule is C[C@H](O/N=C(\C(=O)N[C@@H]1C(=O)N2C(C(=O)[O-])=C(C[n+]3ccc(N)cc3)CO[C@H]12)c1nc(N)sc1Cl)C(=O)O. The molecule has 4 heterocycles. The highest BCUT2D eigenvalue weighted by Crippen LogP contribution is 2.33. The third kappa shape index (κ3) is 5.22. The number of nitrogens with zero attached hydrogens (tertiary/aromatic N) is 4. The average molecular weight is 566 g/mol. The first-order valence-electron chi connectivity index (χ1n) is 10.8. The maximum absolute atomic E-state index is 13.1. The molecule has 17 heteroatoms. The van der Waals surface area contributed by atoms with E-state index in [-0.39, 0.29) is 39.6 Å². The van der Waals surface area contributed by atoms with Gasteiger partial charge in [0.15, 0.2) is 42.1 Å². The van der Waals surface area contributed by atoms with Gasteiger partial charge in [-0.05, 0) is 6.92 Å². The summed E-state index contributed by atoms with van der Waals surface area (Å²) in [4.78, 5) is 58.7. The van der Waals surface area contributed by atoms with Gasteiger partial charge in [-0.15, -0.1) is 0 Å². The Hall–Kier alpha value is -4.28. The fourth-order valence-corrected chi connectivity index (χ4v) is 4.56. The minimum atomic E-state index is -1.59. The first-order chi connectivity index (χ1) is 18.0. The number of oxime groups is 1. The Morgan fingerprint density at radius 2 is 2.11 bits per heavy atom. The van der Waals surface area contributed by atoms with E-state index < -0.39 is 47.8 Å². The number of anilines is 2. The third-order valence-electron chi connectivity index (χ3n) is 5.51. The minimum Gasteiger partial charge on any atom is -0.543 e. The molecule has 0 spiro atoms. The van der Waals surface area contributed by atoms with E-state index in [0.717, 1.165) is 16.2 Å². The van der Waals surface area contributed by atoms with Gasteiger partial charge in [-0.3, -0.25) is 14.5 Å². The van der Waals surface area contributed by atoms with Crippen molar-refractivity contribution < 1.29 is 43.5 Å². The van der Waals surface area contributed by atoms with Crippen LogP contribution in [0.4, 0.5) is 10.8 Å². The van der Waals surface area contributed by atoms with Crippen molar-refractivity contribution in [2.75, 3.05) is 18.1 Å². The molecule has 15 nitrogen and oxygen atoms in total. The van der Waals surface area contributed by atoms with Crippen LogP contribution in [0.15, 0.2) is 41.0 Å². The predicted octanol–water partition coefficient (Wildman–Crippen LogP) is -2.17. The molecule has 0 aromatic carbocycles. The fraction of sp³-hybridized carbons (Fsp3) is 0.286. The molecule has 0 radical (unpaired) electrons. The van der Waals surface area contributed by atoms with Crippen LogP contribution in [-0.2, 0) is 35.3 Å². The Morgan fingerprint density at radius 1 is 1.42 bits per heavy atom. The lowest BCUT2D eigenvalue weighted by Crippen LogP contribution is -2.74. The fourth-order valence-electron chi connectivity index (χ4n) is 3.63. The van der Waals surface area contributed by atoms with Gasteiger partial charge in [0.2, 0.25) is 6.10 Å². The number of amides is 2. The van der Waals surface area contributed by atoms with Gasteiger partial charge in [-0.1, -0.05) is 28.1 Å². The second-order valence-electron chi connectivity index (χ2n) is 8.10. The van der Waals surface area contributed by atoms with Crippen LogP contribution in [0.25, 0.3) is 0 Å². The summed E-state index contributed by atoms with van der Waals surface area (Å²) in [7, 11) is 0. The van der Waals surface area contributed by atoms with Crippen LogP contribution in [0.5, 0.6) is 0 Å². The number of carbonyl (C=O) groups excluding carboxylic acids is 3. The van der Waals surface area contributed by atoms with Crippen LogP contribution >= 0.6 is 22.9 Å². The molecule has 2 aromatic heterocycles. The summed E-state index contributed by atoms with van der Waals surface area (Å²) in [6.07, 6.45) is 0.679. The zero-order valence-electron chi connectivity index (χ0n) is 19.5. The molecule has 3 atom stereocenters. The van der Waals surface area contributed by atoms with Gasteiger partial charge < -0.3 is 41.4 Å². The Bertz CT molecular complexity index is 1380. The van der Waals surface area contributed by atoms with Crippen molar-refractivity contribution in [1.82, 2.24) is 15.2 Å². The summed E-state index contributed by atoms with van der Waals surface area (Å²) < 4.78 is 7.30. The monoisotopic (exact) mass is 565 g/mol. The molecule has 2 aliphatic heterocycles. The van der Waals surface area contributed by atoms with E-state index in [1.165, 1.54) is 6.92 Å². The molecule has 0 bridgehead atoms. The molecule has 0 aliphatic carbocycles. The number of aliphatic carboxylic acids is 2. The number of hydrogen-bond acceptors (Lipinski definition) is 12. The number of halogens is 1. The predicted molar refractivity (Wildman–Crippen MR) is 128 cm³/mol. The molecule has 0 unspecified atom stereocenters. The molecule has 200 valence electrons. The van der Waals surface area contributed by atoms with E-state index in [4.69, 9.17) is 37.7 Å². The van der Waals surface area contributed by atoms with Crippen LogP contribution in [-0.4, -0.2) is 69.4 Å². The average Bonchev–Trinajstić information content (AvgIpc) is 3.20. The van der Waals surface area contributed by atoms with Crippen LogP contribution in [0.1, 0.15) is 12.6 Å². The number of nitrogen functional groups attached to an aromatic ring is 2. The first kappa shape index (κ1) is 26.8. The normalized spacial score (nSPS) is 19.9. The molecule has 1 fully saturated rings. The van der Waals surface area contributed by atoms with Crippen molar-refractivity contribution in [1.29, 1.82) is 0 Å². The van der Waals surface area contributed by atoms with Gasteiger partial charge >= 0.3 is 5.97 Å². The Morgan fingerprint density at radius 3 is 2.68 bits per heavy atom. The molecule has 2 amide bonds. The van der Waals surface area contributed by atoms with Gasteiger partial charge in [-0.25, -0.2) is 14.3 Å². The number of carboxylic acid groups (broad SMARTS) is 2. The van der Waals surface area contributed by atoms with E-state index in [0.29, 0.717) is 5.69 Å². The lowest BCUT2D eigenvalue weighted by Gasteiger charge is -2.50. The van der Waals surface area contributed by atoms with E-state index in [2.05, 4.69) is 15.5 Å². The zero-order valence-corrected chi connectivity index (χ0v) is 21.1. The molecule has 4 rings (SSSR count). The third-order valence-corrected chi connectivity index (χ3v) is 6.59. The summed E-state index contributed by atoms with van der Waals surface area (Å²) in [5, 5.41) is 26.9. The molecule has 1 saturated heterocycles. The second-order valence-corrected chi connectivity index (χ2v) is 9.74. The van der Waals surface area contributed by atoms with E-state index in [9.17, 15) is 24.3 Å². The minimum absolute atomic E-state index is 0.00599. The molecule has 2 aliphatic rings. The van der Waals surface area contributed by atoms with Gasteiger partial charge in [0, 0.05) is 23.4 Å². The van der Waals surface area contributed by atoms with Gasteiger partial charge in [0.05, 0.1) is 18.3 Å². The molecular formula is C21H20ClN7O8S. The van der Waals surface area contributed by atoms with Crippen LogP contribution in [0.3, 0.4) is 0 Å². The standard InChI is InChI=1S/C21H20ClN7O8S/c1-8(19(32)33)37-27-12(11-15(22)38-21(24)26-11)16(30)25-13-17(31)29-14(20(34)35)9(7-36-18(13)29)6-28-4-2-10(23)3-5-28/h2-5,8,13,18,23H,6-7H2,1H3,(H5,24,25,26,30,32,33,34,35)/b27-12-/t8-,13+,18+/m0/s1. The highest BCUT2D eigenvalue weighted by Gasteiger charge is 2.54. The number of hydrogen-bond donors (Lipinski definition) is 4.